The Kier molecular flexibility index (Phi) is 5.16. The first-order chi connectivity index (χ1) is 8.69. The van der Waals surface area contributed by atoms with Crippen molar-refractivity contribution >= 4 is 10.0 Å². The molecule has 108 valence electrons. The highest BCUT2D eigenvalue weighted by Gasteiger charge is 2.19. The third kappa shape index (κ3) is 4.62. The molecule has 19 heavy (non-hydrogen) atoms. The van der Waals surface area contributed by atoms with E-state index in [4.69, 9.17) is 0 Å². The van der Waals surface area contributed by atoms with E-state index in [1.807, 2.05) is 12.1 Å². The summed E-state index contributed by atoms with van der Waals surface area (Å²) in [5.74, 6) is 0.478. The Labute approximate surface area is 117 Å². The van der Waals surface area contributed by atoms with Gasteiger partial charge in [0.15, 0.2) is 0 Å². The van der Waals surface area contributed by atoms with Crippen molar-refractivity contribution in [3.05, 3.63) is 29.8 Å². The molecule has 3 nitrogen and oxygen atoms in total. The standard InChI is InChI=1S/C15H25NO2S/c1-6-12(11-15(2,3)4)13-7-9-14(10-8-13)19(17,18)16-5/h7-10,12,16H,6,11H2,1-5H3. The molecule has 1 rings (SSSR count). The minimum atomic E-state index is -3.33. The fourth-order valence-electron chi connectivity index (χ4n) is 2.27. The molecule has 4 heteroatoms. The number of sulfonamides is 1. The topological polar surface area (TPSA) is 46.2 Å². The van der Waals surface area contributed by atoms with Gasteiger partial charge in [-0.15, -0.1) is 0 Å². The van der Waals surface area contributed by atoms with Crippen LogP contribution in [0.25, 0.3) is 0 Å². The Bertz CT molecular complexity index is 498. The minimum Gasteiger partial charge on any atom is -0.214 e. The highest BCUT2D eigenvalue weighted by molar-refractivity contribution is 7.89. The fraction of sp³-hybridized carbons (Fsp3) is 0.600. The van der Waals surface area contributed by atoms with E-state index >= 15 is 0 Å². The molecule has 1 aromatic rings. The Morgan fingerprint density at radius 2 is 1.68 bits per heavy atom. The summed E-state index contributed by atoms with van der Waals surface area (Å²) >= 11 is 0. The van der Waals surface area contributed by atoms with Gasteiger partial charge in [-0.3, -0.25) is 0 Å². The summed E-state index contributed by atoms with van der Waals surface area (Å²) in [6.07, 6.45) is 2.16. The van der Waals surface area contributed by atoms with Gasteiger partial charge in [-0.05, 0) is 48.9 Å². The number of benzene rings is 1. The van der Waals surface area contributed by atoms with Gasteiger partial charge in [0.25, 0.3) is 0 Å². The van der Waals surface area contributed by atoms with Crippen molar-refractivity contribution in [3.8, 4) is 0 Å². The highest BCUT2D eigenvalue weighted by atomic mass is 32.2. The molecule has 0 aliphatic carbocycles. The Morgan fingerprint density at radius 3 is 2.05 bits per heavy atom. The van der Waals surface area contributed by atoms with Gasteiger partial charge >= 0.3 is 0 Å². The van der Waals surface area contributed by atoms with Gasteiger partial charge in [0.05, 0.1) is 4.90 Å². The number of nitrogens with one attached hydrogen (secondary N) is 1. The first-order valence-electron chi connectivity index (χ1n) is 6.73. The van der Waals surface area contributed by atoms with Gasteiger partial charge in [-0.2, -0.15) is 0 Å². The molecule has 0 spiro atoms. The first-order valence-corrected chi connectivity index (χ1v) is 8.21. The summed E-state index contributed by atoms with van der Waals surface area (Å²) in [5.41, 5.74) is 1.49. The fourth-order valence-corrected chi connectivity index (χ4v) is 3.00. The van der Waals surface area contributed by atoms with Gasteiger partial charge in [0.2, 0.25) is 10.0 Å². The molecule has 0 aromatic heterocycles. The number of rotatable bonds is 5. The monoisotopic (exact) mass is 283 g/mol. The summed E-state index contributed by atoms with van der Waals surface area (Å²) < 4.78 is 25.7. The van der Waals surface area contributed by atoms with Crippen molar-refractivity contribution in [3.63, 3.8) is 0 Å². The lowest BCUT2D eigenvalue weighted by Crippen LogP contribution is -2.18. The van der Waals surface area contributed by atoms with Crippen molar-refractivity contribution < 1.29 is 8.42 Å². The Morgan fingerprint density at radius 1 is 1.16 bits per heavy atom. The molecule has 1 aromatic carbocycles. The zero-order valence-electron chi connectivity index (χ0n) is 12.5. The average Bonchev–Trinajstić information content (AvgIpc) is 2.35. The van der Waals surface area contributed by atoms with E-state index in [1.165, 1.54) is 12.6 Å². The molecule has 0 bridgehead atoms. The number of hydrogen-bond donors (Lipinski definition) is 1. The van der Waals surface area contributed by atoms with E-state index in [0.29, 0.717) is 10.8 Å². The molecule has 1 unspecified atom stereocenters. The summed E-state index contributed by atoms with van der Waals surface area (Å²) in [7, 11) is -1.90. The second-order valence-electron chi connectivity index (χ2n) is 6.15. The van der Waals surface area contributed by atoms with Gasteiger partial charge in [-0.1, -0.05) is 39.8 Å². The quantitative estimate of drug-likeness (QED) is 0.898. The minimum absolute atomic E-state index is 0.274. The lowest BCUT2D eigenvalue weighted by atomic mass is 9.80. The molecule has 0 aliphatic rings. The largest absolute Gasteiger partial charge is 0.240 e. The second kappa shape index (κ2) is 6.06. The van der Waals surface area contributed by atoms with Crippen molar-refractivity contribution in [2.45, 2.75) is 51.3 Å². The van der Waals surface area contributed by atoms with Crippen molar-refractivity contribution in [2.75, 3.05) is 7.05 Å². The molecule has 1 N–H and O–H groups in total. The SMILES string of the molecule is CCC(CC(C)(C)C)c1ccc(S(=O)(=O)NC)cc1. The van der Waals surface area contributed by atoms with Crippen LogP contribution >= 0.6 is 0 Å². The number of hydrogen-bond acceptors (Lipinski definition) is 2. The molecular weight excluding hydrogens is 258 g/mol. The lowest BCUT2D eigenvalue weighted by molar-refractivity contribution is 0.335. The molecule has 0 amide bonds. The first kappa shape index (κ1) is 16.2. The van der Waals surface area contributed by atoms with Crippen molar-refractivity contribution in [1.82, 2.24) is 4.72 Å². The molecule has 0 heterocycles. The van der Waals surface area contributed by atoms with Gasteiger partial charge in [-0.25, -0.2) is 13.1 Å². The van der Waals surface area contributed by atoms with Crippen LogP contribution in [-0.4, -0.2) is 15.5 Å². The Hall–Kier alpha value is -0.870. The van der Waals surface area contributed by atoms with Crippen LogP contribution in [0.15, 0.2) is 29.2 Å². The predicted molar refractivity (Wildman–Crippen MR) is 79.8 cm³/mol. The highest BCUT2D eigenvalue weighted by Crippen LogP contribution is 2.33. The Balaban J connectivity index is 2.97. The molecular formula is C15H25NO2S. The molecule has 0 radical (unpaired) electrons. The zero-order chi connectivity index (χ0) is 14.7. The maximum Gasteiger partial charge on any atom is 0.240 e. The van der Waals surface area contributed by atoms with E-state index < -0.39 is 10.0 Å². The smallest absolute Gasteiger partial charge is 0.214 e. The maximum atomic E-state index is 11.7. The lowest BCUT2D eigenvalue weighted by Gasteiger charge is -2.25. The van der Waals surface area contributed by atoms with Crippen LogP contribution in [0.5, 0.6) is 0 Å². The molecule has 0 fully saturated rings. The van der Waals surface area contributed by atoms with Gasteiger partial charge < -0.3 is 0 Å². The van der Waals surface area contributed by atoms with Crippen LogP contribution in [0.1, 0.15) is 52.0 Å². The van der Waals surface area contributed by atoms with E-state index in [-0.39, 0.29) is 5.41 Å². The van der Waals surface area contributed by atoms with Gasteiger partial charge in [0, 0.05) is 0 Å². The average molecular weight is 283 g/mol. The van der Waals surface area contributed by atoms with E-state index in [2.05, 4.69) is 32.4 Å². The van der Waals surface area contributed by atoms with Crippen LogP contribution in [0.4, 0.5) is 0 Å². The second-order valence-corrected chi connectivity index (χ2v) is 8.03. The predicted octanol–water partition coefficient (Wildman–Crippen LogP) is 3.52. The molecule has 0 saturated heterocycles. The zero-order valence-corrected chi connectivity index (χ0v) is 13.3. The van der Waals surface area contributed by atoms with Crippen LogP contribution in [0.2, 0.25) is 0 Å². The van der Waals surface area contributed by atoms with Gasteiger partial charge in [0.1, 0.15) is 0 Å². The van der Waals surface area contributed by atoms with E-state index in [1.54, 1.807) is 12.1 Å². The molecule has 0 saturated carbocycles. The third-order valence-electron chi connectivity index (χ3n) is 3.28. The van der Waals surface area contributed by atoms with Crippen LogP contribution in [0, 0.1) is 5.41 Å². The normalized spacial score (nSPS) is 14.4. The molecule has 1 atom stereocenters. The summed E-state index contributed by atoms with van der Waals surface area (Å²) in [5, 5.41) is 0. The summed E-state index contributed by atoms with van der Waals surface area (Å²) in [6, 6.07) is 7.24. The third-order valence-corrected chi connectivity index (χ3v) is 4.71. The van der Waals surface area contributed by atoms with Crippen LogP contribution < -0.4 is 4.72 Å². The molecule has 0 aliphatic heterocycles. The van der Waals surface area contributed by atoms with Crippen molar-refractivity contribution in [2.24, 2.45) is 5.41 Å². The van der Waals surface area contributed by atoms with E-state index in [9.17, 15) is 8.42 Å². The summed E-state index contributed by atoms with van der Waals surface area (Å²) in [6.45, 7) is 8.87. The van der Waals surface area contributed by atoms with Crippen LogP contribution in [-0.2, 0) is 10.0 Å². The van der Waals surface area contributed by atoms with E-state index in [0.717, 1.165) is 12.8 Å². The summed E-state index contributed by atoms with van der Waals surface area (Å²) in [4.78, 5) is 0.323. The maximum absolute atomic E-state index is 11.7. The van der Waals surface area contributed by atoms with Crippen LogP contribution in [0.3, 0.4) is 0 Å². The van der Waals surface area contributed by atoms with Crippen molar-refractivity contribution in [1.29, 1.82) is 0 Å².